The van der Waals surface area contributed by atoms with Crippen molar-refractivity contribution in [2.75, 3.05) is 0 Å². The Bertz CT molecular complexity index is 1430. The number of esters is 3. The fourth-order valence-corrected chi connectivity index (χ4v) is 4.34. The Balaban J connectivity index is 1.75. The summed E-state index contributed by atoms with van der Waals surface area (Å²) in [5.41, 5.74) is -2.75. The lowest BCUT2D eigenvalue weighted by molar-refractivity contribution is -0.176. The Kier molecular flexibility index (Phi) is 7.58. The van der Waals surface area contributed by atoms with E-state index in [0.717, 1.165) is 17.6 Å². The topological polar surface area (TPSA) is 143 Å². The summed E-state index contributed by atoms with van der Waals surface area (Å²) in [6, 6.07) is 17.4. The second-order valence-corrected chi connectivity index (χ2v) is 8.86. The van der Waals surface area contributed by atoms with Crippen LogP contribution in [0.4, 0.5) is 0 Å². The molecule has 1 fully saturated rings. The van der Waals surface area contributed by atoms with Crippen molar-refractivity contribution in [3.05, 3.63) is 105 Å². The Morgan fingerprint density at radius 1 is 0.921 bits per heavy atom. The Morgan fingerprint density at radius 2 is 1.50 bits per heavy atom. The number of nitrogens with zero attached hydrogens (tertiary/aromatic N) is 1. The summed E-state index contributed by atoms with van der Waals surface area (Å²) in [5.74, 6) is -2.15. The summed E-state index contributed by atoms with van der Waals surface area (Å²) in [7, 11) is 0. The van der Waals surface area contributed by atoms with Crippen LogP contribution in [0.5, 0.6) is 0 Å². The minimum Gasteiger partial charge on any atom is -0.456 e. The van der Waals surface area contributed by atoms with Crippen LogP contribution in [0.1, 0.15) is 41.5 Å². The fourth-order valence-electron chi connectivity index (χ4n) is 4.34. The zero-order valence-corrected chi connectivity index (χ0v) is 20.9. The highest BCUT2D eigenvalue weighted by atomic mass is 16.7. The highest BCUT2D eigenvalue weighted by Gasteiger charge is 2.60. The van der Waals surface area contributed by atoms with E-state index in [1.807, 2.05) is 0 Å². The first-order valence-corrected chi connectivity index (χ1v) is 11.8. The molecule has 3 aromatic rings. The lowest BCUT2D eigenvalue weighted by Gasteiger charge is -2.32. The highest BCUT2D eigenvalue weighted by Crippen LogP contribution is 2.40. The van der Waals surface area contributed by atoms with Gasteiger partial charge in [-0.2, -0.15) is 0 Å². The molecule has 11 nitrogen and oxygen atoms in total. The van der Waals surface area contributed by atoms with Crippen LogP contribution in [-0.2, 0) is 29.5 Å². The molecule has 0 amide bonds. The summed E-state index contributed by atoms with van der Waals surface area (Å²) in [5, 5.41) is 0. The smallest absolute Gasteiger partial charge is 0.338 e. The van der Waals surface area contributed by atoms with E-state index in [-0.39, 0.29) is 11.1 Å². The lowest BCUT2D eigenvalue weighted by Crippen LogP contribution is -2.51. The number of H-pyrrole nitrogens is 1. The molecule has 1 N–H and O–H groups in total. The molecule has 5 atom stereocenters. The maximum absolute atomic E-state index is 13.1. The number of rotatable bonds is 7. The summed E-state index contributed by atoms with van der Waals surface area (Å²) in [6.45, 7) is 4.12. The molecule has 38 heavy (non-hydrogen) atoms. The van der Waals surface area contributed by atoms with Gasteiger partial charge in [-0.05, 0) is 38.1 Å². The monoisotopic (exact) mass is 522 g/mol. The van der Waals surface area contributed by atoms with Gasteiger partial charge in [0.15, 0.2) is 17.9 Å². The predicted molar refractivity (Wildman–Crippen MR) is 132 cm³/mol. The molecule has 5 unspecified atom stereocenters. The molecule has 1 aliphatic rings. The van der Waals surface area contributed by atoms with Gasteiger partial charge in [0.1, 0.15) is 12.2 Å². The third-order valence-electron chi connectivity index (χ3n) is 6.14. The van der Waals surface area contributed by atoms with Crippen LogP contribution in [0, 0.1) is 0 Å². The molecule has 198 valence electrons. The van der Waals surface area contributed by atoms with Crippen molar-refractivity contribution in [3.63, 3.8) is 0 Å². The molecular weight excluding hydrogens is 496 g/mol. The van der Waals surface area contributed by atoms with Crippen molar-refractivity contribution in [1.82, 2.24) is 9.55 Å². The third kappa shape index (κ3) is 5.42. The van der Waals surface area contributed by atoms with Gasteiger partial charge in [-0.1, -0.05) is 36.4 Å². The van der Waals surface area contributed by atoms with Crippen LogP contribution in [0.3, 0.4) is 0 Å². The molecule has 1 aliphatic heterocycles. The number of carbonyl (C=O) groups excluding carboxylic acids is 3. The van der Waals surface area contributed by atoms with Crippen molar-refractivity contribution >= 4 is 17.9 Å². The molecule has 2 aromatic carbocycles. The molecule has 2 heterocycles. The SMILES string of the molecule is CC(=O)OC1C(OC(=O)c2ccccc2)C(C(C)OC(=O)c2ccccc2)OC1(C)n1ccc(=O)[nH]c1=O. The molecule has 1 saturated heterocycles. The van der Waals surface area contributed by atoms with Crippen molar-refractivity contribution in [1.29, 1.82) is 0 Å². The Labute approximate surface area is 216 Å². The molecule has 0 spiro atoms. The van der Waals surface area contributed by atoms with Gasteiger partial charge in [-0.15, -0.1) is 0 Å². The molecule has 0 aliphatic carbocycles. The minimum atomic E-state index is -1.76. The van der Waals surface area contributed by atoms with Crippen molar-refractivity contribution in [2.45, 2.75) is 50.9 Å². The van der Waals surface area contributed by atoms with Gasteiger partial charge >= 0.3 is 23.6 Å². The number of hydrogen-bond donors (Lipinski definition) is 1. The van der Waals surface area contributed by atoms with Crippen molar-refractivity contribution in [2.24, 2.45) is 0 Å². The van der Waals surface area contributed by atoms with Gasteiger partial charge in [0.2, 0.25) is 0 Å². The molecule has 0 bridgehead atoms. The Hall–Kier alpha value is -4.51. The molecule has 1 aromatic heterocycles. The zero-order valence-electron chi connectivity index (χ0n) is 20.9. The van der Waals surface area contributed by atoms with Crippen molar-refractivity contribution in [3.8, 4) is 0 Å². The van der Waals surface area contributed by atoms with E-state index in [1.165, 1.54) is 20.0 Å². The van der Waals surface area contributed by atoms with Crippen molar-refractivity contribution < 1.29 is 33.3 Å². The van der Waals surface area contributed by atoms with E-state index in [2.05, 4.69) is 4.98 Å². The number of carbonyl (C=O) groups is 3. The van der Waals surface area contributed by atoms with Gasteiger partial charge in [-0.25, -0.2) is 14.4 Å². The first kappa shape index (κ1) is 26.6. The summed E-state index contributed by atoms with van der Waals surface area (Å²) < 4.78 is 24.2. The molecule has 11 heteroatoms. The number of nitrogens with one attached hydrogen (secondary N) is 1. The molecule has 0 radical (unpaired) electrons. The summed E-state index contributed by atoms with van der Waals surface area (Å²) >= 11 is 0. The van der Waals surface area contributed by atoms with Gasteiger partial charge in [-0.3, -0.25) is 19.1 Å². The van der Waals surface area contributed by atoms with Crippen LogP contribution in [0.15, 0.2) is 82.5 Å². The largest absolute Gasteiger partial charge is 0.456 e. The van der Waals surface area contributed by atoms with Gasteiger partial charge in [0, 0.05) is 19.2 Å². The average molecular weight is 523 g/mol. The van der Waals surface area contributed by atoms with Crippen LogP contribution in [0.25, 0.3) is 0 Å². The number of aromatic nitrogens is 2. The maximum atomic E-state index is 13.1. The zero-order chi connectivity index (χ0) is 27.4. The van der Waals surface area contributed by atoms with E-state index in [0.29, 0.717) is 0 Å². The molecule has 0 saturated carbocycles. The summed E-state index contributed by atoms with van der Waals surface area (Å²) in [6.07, 6.45) is -3.71. The Morgan fingerprint density at radius 3 is 2.05 bits per heavy atom. The third-order valence-corrected chi connectivity index (χ3v) is 6.14. The quantitative estimate of drug-likeness (QED) is 0.364. The summed E-state index contributed by atoms with van der Waals surface area (Å²) in [4.78, 5) is 64.6. The maximum Gasteiger partial charge on any atom is 0.338 e. The van der Waals surface area contributed by atoms with Gasteiger partial charge in [0.05, 0.1) is 11.1 Å². The first-order chi connectivity index (χ1) is 18.1. The lowest BCUT2D eigenvalue weighted by atomic mass is 10.0. The van der Waals surface area contributed by atoms with Crippen LogP contribution in [0.2, 0.25) is 0 Å². The standard InChI is InChI=1S/C27H26N2O9/c1-16(35-24(32)18-10-6-4-7-11-18)21-22(37-25(33)19-12-8-5-9-13-19)23(36-17(2)30)27(3,38-21)29-15-14-20(31)28-26(29)34/h4-16,21-23H,1-3H3,(H,28,31,34). The second kappa shape index (κ2) is 10.9. The number of hydrogen-bond acceptors (Lipinski definition) is 9. The first-order valence-electron chi connectivity index (χ1n) is 11.8. The van der Waals surface area contributed by atoms with E-state index < -0.39 is 59.3 Å². The normalized spacial score (nSPS) is 23.3. The number of benzene rings is 2. The second-order valence-electron chi connectivity index (χ2n) is 8.86. The highest BCUT2D eigenvalue weighted by molar-refractivity contribution is 5.90. The molecular formula is C27H26N2O9. The van der Waals surface area contributed by atoms with E-state index >= 15 is 0 Å². The predicted octanol–water partition coefficient (Wildman–Crippen LogP) is 2.01. The van der Waals surface area contributed by atoms with Gasteiger partial charge in [0.25, 0.3) is 5.56 Å². The average Bonchev–Trinajstić information content (AvgIpc) is 3.16. The van der Waals surface area contributed by atoms with Crippen LogP contribution < -0.4 is 11.2 Å². The van der Waals surface area contributed by atoms with E-state index in [1.54, 1.807) is 60.7 Å². The fraction of sp³-hybridized carbons (Fsp3) is 0.296. The number of aromatic amines is 1. The van der Waals surface area contributed by atoms with Crippen LogP contribution >= 0.6 is 0 Å². The minimum absolute atomic E-state index is 0.219. The van der Waals surface area contributed by atoms with E-state index in [4.69, 9.17) is 18.9 Å². The molecule has 4 rings (SSSR count). The van der Waals surface area contributed by atoms with Crippen LogP contribution in [-0.4, -0.2) is 51.9 Å². The van der Waals surface area contributed by atoms with Gasteiger partial charge < -0.3 is 18.9 Å². The van der Waals surface area contributed by atoms with E-state index in [9.17, 15) is 24.0 Å². The number of ether oxygens (including phenoxy) is 4.